The maximum atomic E-state index is 6.01. The van der Waals surface area contributed by atoms with Gasteiger partial charge >= 0.3 is 0 Å². The second kappa shape index (κ2) is 6.32. The summed E-state index contributed by atoms with van der Waals surface area (Å²) in [5, 5.41) is 0. The van der Waals surface area contributed by atoms with Crippen LogP contribution in [0.15, 0.2) is 18.3 Å². The van der Waals surface area contributed by atoms with E-state index in [1.54, 1.807) is 0 Å². The van der Waals surface area contributed by atoms with Crippen LogP contribution in [-0.2, 0) is 4.74 Å². The molecule has 1 saturated heterocycles. The molecular formula is C17H29N3O. The zero-order valence-electron chi connectivity index (χ0n) is 14.3. The molecule has 1 atom stereocenters. The van der Waals surface area contributed by atoms with Crippen LogP contribution in [0.4, 0.5) is 5.69 Å². The van der Waals surface area contributed by atoms with Gasteiger partial charge in [0.15, 0.2) is 0 Å². The molecule has 0 N–H and O–H groups in total. The summed E-state index contributed by atoms with van der Waals surface area (Å²) in [4.78, 5) is 9.21. The molecular weight excluding hydrogens is 262 g/mol. The summed E-state index contributed by atoms with van der Waals surface area (Å²) in [5.74, 6) is 0.476. The molecule has 0 spiro atoms. The average molecular weight is 291 g/mol. The zero-order valence-corrected chi connectivity index (χ0v) is 14.3. The van der Waals surface area contributed by atoms with Crippen molar-refractivity contribution in [3.8, 4) is 0 Å². The molecule has 2 rings (SSSR count). The Balaban J connectivity index is 2.10. The molecule has 0 unspecified atom stereocenters. The van der Waals surface area contributed by atoms with E-state index in [4.69, 9.17) is 4.74 Å². The zero-order chi connectivity index (χ0) is 15.6. The van der Waals surface area contributed by atoms with Gasteiger partial charge in [-0.1, -0.05) is 13.8 Å². The number of ether oxygens (including phenoxy) is 1. The second-order valence-corrected chi connectivity index (χ2v) is 6.95. The third-order valence-corrected chi connectivity index (χ3v) is 4.73. The molecule has 1 aliphatic rings. The van der Waals surface area contributed by atoms with Gasteiger partial charge < -0.3 is 14.5 Å². The van der Waals surface area contributed by atoms with Gasteiger partial charge in [0.25, 0.3) is 0 Å². The molecule has 1 aromatic heterocycles. The third-order valence-electron chi connectivity index (χ3n) is 4.73. The lowest BCUT2D eigenvalue weighted by Gasteiger charge is -2.45. The maximum absolute atomic E-state index is 6.01. The van der Waals surface area contributed by atoms with Crippen LogP contribution in [0.5, 0.6) is 0 Å². The Hall–Kier alpha value is -1.13. The van der Waals surface area contributed by atoms with E-state index in [2.05, 4.69) is 68.7 Å². The van der Waals surface area contributed by atoms with E-state index in [0.29, 0.717) is 5.92 Å². The summed E-state index contributed by atoms with van der Waals surface area (Å²) in [5.41, 5.74) is 2.36. The minimum Gasteiger partial charge on any atom is -0.373 e. The fourth-order valence-electron chi connectivity index (χ4n) is 2.53. The van der Waals surface area contributed by atoms with E-state index < -0.39 is 0 Å². The Morgan fingerprint density at radius 1 is 1.33 bits per heavy atom. The Kier molecular flexibility index (Phi) is 4.89. The van der Waals surface area contributed by atoms with E-state index in [9.17, 15) is 0 Å². The van der Waals surface area contributed by atoms with Gasteiger partial charge in [0.1, 0.15) is 0 Å². The molecule has 21 heavy (non-hydrogen) atoms. The molecule has 0 radical (unpaired) electrons. The lowest BCUT2D eigenvalue weighted by atomic mass is 9.94. The molecule has 0 bridgehead atoms. The van der Waals surface area contributed by atoms with Crippen LogP contribution in [0, 0.1) is 0 Å². The third kappa shape index (κ3) is 3.55. The van der Waals surface area contributed by atoms with Gasteiger partial charge in [0.2, 0.25) is 0 Å². The predicted octanol–water partition coefficient (Wildman–Crippen LogP) is 2.75. The summed E-state index contributed by atoms with van der Waals surface area (Å²) < 4.78 is 6.01. The molecule has 0 saturated carbocycles. The fourth-order valence-corrected chi connectivity index (χ4v) is 2.53. The van der Waals surface area contributed by atoms with Crippen molar-refractivity contribution in [3.05, 3.63) is 24.0 Å². The number of rotatable bonds is 4. The van der Waals surface area contributed by atoms with Gasteiger partial charge in [0.05, 0.1) is 24.6 Å². The highest BCUT2D eigenvalue weighted by Gasteiger charge is 2.36. The summed E-state index contributed by atoms with van der Waals surface area (Å²) in [7, 11) is 4.22. The highest BCUT2D eigenvalue weighted by Crippen LogP contribution is 2.26. The van der Waals surface area contributed by atoms with Gasteiger partial charge in [-0.3, -0.25) is 4.98 Å². The molecule has 2 heterocycles. The number of likely N-dealkylation sites (N-methyl/N-ethyl adjacent to an activating group) is 1. The second-order valence-electron chi connectivity index (χ2n) is 6.95. The first-order valence-corrected chi connectivity index (χ1v) is 7.82. The molecule has 4 heteroatoms. The summed E-state index contributed by atoms with van der Waals surface area (Å²) in [6.45, 7) is 11.4. The van der Waals surface area contributed by atoms with Crippen LogP contribution >= 0.6 is 0 Å². The number of morpholine rings is 1. The Morgan fingerprint density at radius 3 is 2.57 bits per heavy atom. The lowest BCUT2D eigenvalue weighted by Crippen LogP contribution is -2.57. The van der Waals surface area contributed by atoms with E-state index in [0.717, 1.165) is 25.4 Å². The number of nitrogens with zero attached hydrogens (tertiary/aromatic N) is 3. The van der Waals surface area contributed by atoms with Gasteiger partial charge in [-0.25, -0.2) is 0 Å². The first-order chi connectivity index (χ1) is 9.82. The van der Waals surface area contributed by atoms with E-state index in [1.165, 1.54) is 5.69 Å². The number of aromatic nitrogens is 1. The monoisotopic (exact) mass is 291 g/mol. The molecule has 1 aliphatic heterocycles. The highest BCUT2D eigenvalue weighted by atomic mass is 16.5. The van der Waals surface area contributed by atoms with Gasteiger partial charge in [0, 0.05) is 24.3 Å². The quantitative estimate of drug-likeness (QED) is 0.853. The highest BCUT2D eigenvalue weighted by molar-refractivity contribution is 5.45. The van der Waals surface area contributed by atoms with Crippen LogP contribution in [0.3, 0.4) is 0 Å². The SMILES string of the molecule is CC(C)c1ccc(N2CCO[C@@H](C(C)(C)N(C)C)C2)cn1. The van der Waals surface area contributed by atoms with Crippen LogP contribution < -0.4 is 4.90 Å². The first kappa shape index (κ1) is 16.2. The van der Waals surface area contributed by atoms with Crippen LogP contribution in [0.25, 0.3) is 0 Å². The fraction of sp³-hybridized carbons (Fsp3) is 0.706. The van der Waals surface area contributed by atoms with Crippen molar-refractivity contribution < 1.29 is 4.74 Å². The van der Waals surface area contributed by atoms with Crippen LogP contribution in [-0.4, -0.2) is 55.3 Å². The van der Waals surface area contributed by atoms with Crippen molar-refractivity contribution in [2.24, 2.45) is 0 Å². The van der Waals surface area contributed by atoms with Crippen LogP contribution in [0.2, 0.25) is 0 Å². The maximum Gasteiger partial charge on any atom is 0.0928 e. The molecule has 118 valence electrons. The Morgan fingerprint density at radius 2 is 2.05 bits per heavy atom. The van der Waals surface area contributed by atoms with Crippen molar-refractivity contribution in [1.82, 2.24) is 9.88 Å². The standard InChI is InChI=1S/C17H29N3O/c1-13(2)15-8-7-14(11-18-15)20-9-10-21-16(12-20)17(3,4)19(5)6/h7-8,11,13,16H,9-10,12H2,1-6H3/t16-/m1/s1. The molecule has 1 aromatic rings. The van der Waals surface area contributed by atoms with Crippen molar-refractivity contribution in [1.29, 1.82) is 0 Å². The molecule has 1 fully saturated rings. The number of hydrogen-bond donors (Lipinski definition) is 0. The summed E-state index contributed by atoms with van der Waals surface area (Å²) in [6, 6.07) is 4.33. The van der Waals surface area contributed by atoms with Crippen molar-refractivity contribution in [3.63, 3.8) is 0 Å². The average Bonchev–Trinajstić information content (AvgIpc) is 2.47. The molecule has 0 amide bonds. The van der Waals surface area contributed by atoms with Gasteiger partial charge in [-0.2, -0.15) is 0 Å². The minimum atomic E-state index is 0.0178. The lowest BCUT2D eigenvalue weighted by molar-refractivity contribution is -0.0484. The number of pyridine rings is 1. The van der Waals surface area contributed by atoms with Crippen LogP contribution in [0.1, 0.15) is 39.3 Å². The smallest absolute Gasteiger partial charge is 0.0928 e. The number of hydrogen-bond acceptors (Lipinski definition) is 4. The first-order valence-electron chi connectivity index (χ1n) is 7.82. The minimum absolute atomic E-state index is 0.0178. The van der Waals surface area contributed by atoms with Gasteiger partial charge in [-0.15, -0.1) is 0 Å². The predicted molar refractivity (Wildman–Crippen MR) is 88.0 cm³/mol. The molecule has 4 nitrogen and oxygen atoms in total. The molecule has 0 aromatic carbocycles. The normalized spacial score (nSPS) is 20.4. The summed E-state index contributed by atoms with van der Waals surface area (Å²) in [6.07, 6.45) is 2.20. The molecule has 0 aliphatic carbocycles. The van der Waals surface area contributed by atoms with Crippen molar-refractivity contribution in [2.75, 3.05) is 38.7 Å². The van der Waals surface area contributed by atoms with Gasteiger partial charge in [-0.05, 0) is 46.0 Å². The van der Waals surface area contributed by atoms with E-state index in [-0.39, 0.29) is 11.6 Å². The Labute approximate surface area is 129 Å². The van der Waals surface area contributed by atoms with E-state index >= 15 is 0 Å². The van der Waals surface area contributed by atoms with Crippen molar-refractivity contribution >= 4 is 5.69 Å². The topological polar surface area (TPSA) is 28.6 Å². The largest absolute Gasteiger partial charge is 0.373 e. The van der Waals surface area contributed by atoms with Crippen molar-refractivity contribution in [2.45, 2.75) is 45.3 Å². The summed E-state index contributed by atoms with van der Waals surface area (Å²) >= 11 is 0. The Bertz CT molecular complexity index is 454. The number of anilines is 1. The van der Waals surface area contributed by atoms with E-state index in [1.807, 2.05) is 6.20 Å².